The minimum Gasteiger partial charge on any atom is -0.386 e. The van der Waals surface area contributed by atoms with Crippen LogP contribution in [0.4, 0.5) is 0 Å². The van der Waals surface area contributed by atoms with Crippen LogP contribution in [0.15, 0.2) is 5.38 Å². The highest BCUT2D eigenvalue weighted by atomic mass is 32.1. The third-order valence-corrected chi connectivity index (χ3v) is 4.70. The van der Waals surface area contributed by atoms with Gasteiger partial charge < -0.3 is 9.84 Å². The largest absolute Gasteiger partial charge is 0.386 e. The van der Waals surface area contributed by atoms with Gasteiger partial charge in [0.05, 0.1) is 5.60 Å². The molecule has 17 heavy (non-hydrogen) atoms. The molecule has 1 N–H and O–H groups in total. The zero-order valence-corrected chi connectivity index (χ0v) is 10.7. The van der Waals surface area contributed by atoms with Crippen molar-refractivity contribution in [2.75, 3.05) is 6.61 Å². The summed E-state index contributed by atoms with van der Waals surface area (Å²) >= 11 is 1.30. The second-order valence-corrected chi connectivity index (χ2v) is 5.88. The van der Waals surface area contributed by atoms with Crippen LogP contribution >= 0.6 is 11.5 Å². The highest BCUT2D eigenvalue weighted by Crippen LogP contribution is 2.45. The molecule has 1 aliphatic carbocycles. The van der Waals surface area contributed by atoms with Crippen molar-refractivity contribution in [3.05, 3.63) is 11.1 Å². The second kappa shape index (κ2) is 4.63. The van der Waals surface area contributed by atoms with E-state index in [0.717, 1.165) is 38.0 Å². The van der Waals surface area contributed by atoms with E-state index in [9.17, 15) is 5.11 Å². The van der Waals surface area contributed by atoms with E-state index in [4.69, 9.17) is 4.74 Å². The number of nitrogens with zero attached hydrogens (tertiary/aromatic N) is 2. The van der Waals surface area contributed by atoms with E-state index in [-0.39, 0.29) is 11.5 Å². The van der Waals surface area contributed by atoms with E-state index in [2.05, 4.69) is 9.59 Å². The van der Waals surface area contributed by atoms with Crippen molar-refractivity contribution in [1.82, 2.24) is 9.59 Å². The topological polar surface area (TPSA) is 55.2 Å². The van der Waals surface area contributed by atoms with E-state index in [1.807, 2.05) is 5.38 Å². The van der Waals surface area contributed by atoms with Crippen molar-refractivity contribution in [1.29, 1.82) is 0 Å². The van der Waals surface area contributed by atoms with Gasteiger partial charge in [-0.15, -0.1) is 5.10 Å². The van der Waals surface area contributed by atoms with E-state index < -0.39 is 6.10 Å². The van der Waals surface area contributed by atoms with Gasteiger partial charge in [0.2, 0.25) is 0 Å². The van der Waals surface area contributed by atoms with Gasteiger partial charge >= 0.3 is 0 Å². The molecule has 2 heterocycles. The van der Waals surface area contributed by atoms with Gasteiger partial charge in [0.25, 0.3) is 0 Å². The van der Waals surface area contributed by atoms with Crippen molar-refractivity contribution in [3.63, 3.8) is 0 Å². The van der Waals surface area contributed by atoms with E-state index in [1.54, 1.807) is 0 Å². The van der Waals surface area contributed by atoms with Gasteiger partial charge in [-0.25, -0.2) is 0 Å². The molecular formula is C12H18N2O2S. The SMILES string of the molecule is OC(c1csnn1)C1CCOC2(CCCC2)C1. The first-order valence-electron chi connectivity index (χ1n) is 6.38. The Morgan fingerprint density at radius 2 is 2.29 bits per heavy atom. The van der Waals surface area contributed by atoms with Crippen molar-refractivity contribution in [3.8, 4) is 0 Å². The van der Waals surface area contributed by atoms with Gasteiger partial charge in [-0.3, -0.25) is 0 Å². The maximum atomic E-state index is 10.3. The van der Waals surface area contributed by atoms with Crippen LogP contribution in [0.3, 0.4) is 0 Å². The minimum atomic E-state index is -0.463. The number of hydrogen-bond donors (Lipinski definition) is 1. The average Bonchev–Trinajstić information content (AvgIpc) is 3.00. The van der Waals surface area contributed by atoms with Gasteiger partial charge in [0.15, 0.2) is 0 Å². The normalized spacial score (nSPS) is 29.6. The molecule has 4 nitrogen and oxygen atoms in total. The van der Waals surface area contributed by atoms with Crippen LogP contribution in [0.25, 0.3) is 0 Å². The zero-order valence-electron chi connectivity index (χ0n) is 9.84. The predicted octanol–water partition coefficient (Wildman–Crippen LogP) is 2.31. The maximum Gasteiger partial charge on any atom is 0.104 e. The average molecular weight is 254 g/mol. The van der Waals surface area contributed by atoms with E-state index in [0.29, 0.717) is 0 Å². The molecule has 94 valence electrons. The molecule has 2 unspecified atom stereocenters. The molecule has 5 heteroatoms. The van der Waals surface area contributed by atoms with Crippen LogP contribution in [0.5, 0.6) is 0 Å². The number of aliphatic hydroxyl groups is 1. The molecule has 2 fully saturated rings. The summed E-state index contributed by atoms with van der Waals surface area (Å²) in [7, 11) is 0. The van der Waals surface area contributed by atoms with Gasteiger partial charge in [0.1, 0.15) is 11.8 Å². The molecule has 2 aliphatic rings. The Kier molecular flexibility index (Phi) is 3.15. The Morgan fingerprint density at radius 3 is 3.00 bits per heavy atom. The molecule has 0 amide bonds. The first-order valence-corrected chi connectivity index (χ1v) is 7.22. The quantitative estimate of drug-likeness (QED) is 0.880. The fourth-order valence-electron chi connectivity index (χ4n) is 3.25. The summed E-state index contributed by atoms with van der Waals surface area (Å²) in [4.78, 5) is 0. The van der Waals surface area contributed by atoms with Crippen LogP contribution in [0, 0.1) is 5.92 Å². The Bertz CT molecular complexity index is 363. The highest BCUT2D eigenvalue weighted by molar-refractivity contribution is 7.03. The predicted molar refractivity (Wildman–Crippen MR) is 64.7 cm³/mol. The molecular weight excluding hydrogens is 236 g/mol. The molecule has 2 atom stereocenters. The molecule has 1 aromatic rings. The molecule has 0 radical (unpaired) electrons. The zero-order chi connectivity index (χ0) is 11.7. The van der Waals surface area contributed by atoms with Gasteiger partial charge in [0, 0.05) is 12.0 Å². The Labute approximate surface area is 105 Å². The van der Waals surface area contributed by atoms with Gasteiger partial charge in [-0.2, -0.15) is 0 Å². The molecule has 0 bridgehead atoms. The molecule has 1 saturated carbocycles. The number of aromatic nitrogens is 2. The van der Waals surface area contributed by atoms with Crippen LogP contribution < -0.4 is 0 Å². The summed E-state index contributed by atoms with van der Waals surface area (Å²) in [6, 6.07) is 0. The number of aliphatic hydroxyl groups excluding tert-OH is 1. The second-order valence-electron chi connectivity index (χ2n) is 5.27. The summed E-state index contributed by atoms with van der Waals surface area (Å²) < 4.78 is 9.81. The van der Waals surface area contributed by atoms with Gasteiger partial charge in [-0.05, 0) is 43.1 Å². The van der Waals surface area contributed by atoms with Crippen molar-refractivity contribution < 1.29 is 9.84 Å². The van der Waals surface area contributed by atoms with Crippen LogP contribution in [-0.4, -0.2) is 26.9 Å². The lowest BCUT2D eigenvalue weighted by Gasteiger charge is -2.39. The monoisotopic (exact) mass is 254 g/mol. The van der Waals surface area contributed by atoms with Crippen molar-refractivity contribution in [2.45, 2.75) is 50.2 Å². The lowest BCUT2D eigenvalue weighted by Crippen LogP contribution is -2.39. The lowest BCUT2D eigenvalue weighted by atomic mass is 9.81. The summed E-state index contributed by atoms with van der Waals surface area (Å²) in [5.41, 5.74) is 0.794. The van der Waals surface area contributed by atoms with Gasteiger partial charge in [-0.1, -0.05) is 17.3 Å². The van der Waals surface area contributed by atoms with E-state index in [1.165, 1.54) is 24.4 Å². The summed E-state index contributed by atoms with van der Waals surface area (Å²) in [5, 5.41) is 16.2. The Morgan fingerprint density at radius 1 is 1.47 bits per heavy atom. The van der Waals surface area contributed by atoms with Crippen LogP contribution in [0.1, 0.15) is 50.3 Å². The van der Waals surface area contributed by atoms with Crippen LogP contribution in [-0.2, 0) is 4.74 Å². The third kappa shape index (κ3) is 2.23. The third-order valence-electron chi connectivity index (χ3n) is 4.17. The maximum absolute atomic E-state index is 10.3. The molecule has 3 rings (SSSR count). The van der Waals surface area contributed by atoms with Crippen LogP contribution in [0.2, 0.25) is 0 Å². The number of rotatable bonds is 2. The summed E-state index contributed by atoms with van der Waals surface area (Å²) in [5.74, 6) is 0.283. The fourth-order valence-corrected chi connectivity index (χ4v) is 3.73. The van der Waals surface area contributed by atoms with Crippen molar-refractivity contribution in [2.24, 2.45) is 5.92 Å². The molecule has 1 aromatic heterocycles. The first kappa shape index (κ1) is 11.6. The first-order chi connectivity index (χ1) is 8.29. The highest BCUT2D eigenvalue weighted by Gasteiger charge is 2.42. The number of hydrogen-bond acceptors (Lipinski definition) is 5. The summed E-state index contributed by atoms with van der Waals surface area (Å²) in [6.07, 6.45) is 6.29. The Balaban J connectivity index is 1.71. The van der Waals surface area contributed by atoms with Crippen molar-refractivity contribution >= 4 is 11.5 Å². The lowest BCUT2D eigenvalue weighted by molar-refractivity contribution is -0.113. The fraction of sp³-hybridized carbons (Fsp3) is 0.833. The smallest absolute Gasteiger partial charge is 0.104 e. The molecule has 1 aliphatic heterocycles. The molecule has 1 saturated heterocycles. The minimum absolute atomic E-state index is 0.0628. The molecule has 0 aromatic carbocycles. The summed E-state index contributed by atoms with van der Waals surface area (Å²) in [6.45, 7) is 0.777. The number of ether oxygens (including phenoxy) is 1. The Hall–Kier alpha value is -0.520. The molecule has 1 spiro atoms. The van der Waals surface area contributed by atoms with E-state index >= 15 is 0 Å². The standard InChI is InChI=1S/C12H18N2O2S/c15-11(10-8-17-14-13-10)9-3-6-16-12(7-9)4-1-2-5-12/h8-9,11,15H,1-7H2.